The lowest BCUT2D eigenvalue weighted by Crippen LogP contribution is -2.52. The molecule has 4 rings (SSSR count). The van der Waals surface area contributed by atoms with E-state index >= 15 is 0 Å². The van der Waals surface area contributed by atoms with Crippen LogP contribution in [0.15, 0.2) is 29.9 Å². The molecule has 1 fully saturated rings. The van der Waals surface area contributed by atoms with Gasteiger partial charge in [0.05, 0.1) is 4.88 Å². The van der Waals surface area contributed by atoms with Crippen LogP contribution in [0.2, 0.25) is 0 Å². The van der Waals surface area contributed by atoms with Gasteiger partial charge in [-0.05, 0) is 47.9 Å². The second-order valence-corrected chi connectivity index (χ2v) is 7.48. The lowest BCUT2D eigenvalue weighted by molar-refractivity contribution is 0.0612. The van der Waals surface area contributed by atoms with Crippen LogP contribution in [0.5, 0.6) is 0 Å². The standard InChI is InChI=1S/C18H21N3OS/c1-12-7-14(10-20-8-12)21-6-4-15-16(11-23-17(15)18(21)22)13-3-2-5-19-9-13/h2-3,5,9,11-12,14,20H,4,6-8,10H2,1H3/t12?,14-/m1/s1. The molecule has 0 bridgehead atoms. The third-order valence-corrected chi connectivity index (χ3v) is 5.92. The molecular weight excluding hydrogens is 306 g/mol. The van der Waals surface area contributed by atoms with Crippen LogP contribution in [-0.4, -0.2) is 41.5 Å². The number of hydrogen-bond acceptors (Lipinski definition) is 4. The number of rotatable bonds is 2. The Morgan fingerprint density at radius 1 is 1.39 bits per heavy atom. The molecule has 0 saturated carbocycles. The zero-order valence-corrected chi connectivity index (χ0v) is 14.1. The number of fused-ring (bicyclic) bond motifs is 1. The summed E-state index contributed by atoms with van der Waals surface area (Å²) in [5.74, 6) is 0.851. The van der Waals surface area contributed by atoms with E-state index in [9.17, 15) is 4.79 Å². The van der Waals surface area contributed by atoms with Gasteiger partial charge in [0.2, 0.25) is 0 Å². The fraction of sp³-hybridized carbons (Fsp3) is 0.444. The summed E-state index contributed by atoms with van der Waals surface area (Å²) in [6, 6.07) is 4.35. The van der Waals surface area contributed by atoms with E-state index in [0.29, 0.717) is 12.0 Å². The highest BCUT2D eigenvalue weighted by Crippen LogP contribution is 2.36. The number of aromatic nitrogens is 1. The van der Waals surface area contributed by atoms with Gasteiger partial charge in [0.15, 0.2) is 0 Å². The highest BCUT2D eigenvalue weighted by molar-refractivity contribution is 7.12. The molecule has 2 atom stereocenters. The van der Waals surface area contributed by atoms with E-state index in [1.807, 2.05) is 12.3 Å². The van der Waals surface area contributed by atoms with Crippen LogP contribution in [0.25, 0.3) is 11.1 Å². The molecule has 4 heterocycles. The van der Waals surface area contributed by atoms with Gasteiger partial charge in [0, 0.05) is 37.1 Å². The first-order valence-corrected chi connectivity index (χ1v) is 9.14. The molecular formula is C18H21N3OS. The molecule has 5 heteroatoms. The molecule has 0 spiro atoms. The summed E-state index contributed by atoms with van der Waals surface area (Å²) in [6.45, 7) is 5.07. The van der Waals surface area contributed by atoms with Crippen LogP contribution in [-0.2, 0) is 6.42 Å². The Bertz CT molecular complexity index is 712. The third kappa shape index (κ3) is 2.68. The van der Waals surface area contributed by atoms with Crippen LogP contribution in [0, 0.1) is 5.92 Å². The Labute approximate surface area is 140 Å². The van der Waals surface area contributed by atoms with Crippen molar-refractivity contribution in [2.75, 3.05) is 19.6 Å². The van der Waals surface area contributed by atoms with Gasteiger partial charge < -0.3 is 10.2 Å². The van der Waals surface area contributed by atoms with Crippen LogP contribution >= 0.6 is 11.3 Å². The Balaban J connectivity index is 1.62. The molecule has 4 nitrogen and oxygen atoms in total. The normalized spacial score (nSPS) is 24.6. The number of amides is 1. The molecule has 1 unspecified atom stereocenters. The van der Waals surface area contributed by atoms with E-state index in [-0.39, 0.29) is 5.91 Å². The minimum absolute atomic E-state index is 0.215. The van der Waals surface area contributed by atoms with Crippen molar-refractivity contribution in [1.82, 2.24) is 15.2 Å². The highest BCUT2D eigenvalue weighted by atomic mass is 32.1. The molecule has 2 aliphatic rings. The van der Waals surface area contributed by atoms with Crippen LogP contribution < -0.4 is 5.32 Å². The van der Waals surface area contributed by atoms with Crippen LogP contribution in [0.1, 0.15) is 28.6 Å². The van der Waals surface area contributed by atoms with Crippen molar-refractivity contribution >= 4 is 17.2 Å². The van der Waals surface area contributed by atoms with Crippen molar-refractivity contribution in [2.24, 2.45) is 5.92 Å². The smallest absolute Gasteiger partial charge is 0.264 e. The lowest BCUT2D eigenvalue weighted by Gasteiger charge is -2.39. The zero-order chi connectivity index (χ0) is 15.8. The minimum Gasteiger partial charge on any atom is -0.333 e. The Hall–Kier alpha value is -1.72. The molecule has 1 saturated heterocycles. The fourth-order valence-electron chi connectivity index (χ4n) is 3.75. The molecule has 1 amide bonds. The predicted octanol–water partition coefficient (Wildman–Crippen LogP) is 2.81. The largest absolute Gasteiger partial charge is 0.333 e. The van der Waals surface area contributed by atoms with E-state index in [2.05, 4.69) is 33.6 Å². The number of piperidine rings is 1. The highest BCUT2D eigenvalue weighted by Gasteiger charge is 2.34. The molecule has 0 aliphatic carbocycles. The number of pyridine rings is 1. The molecule has 2 aromatic rings. The minimum atomic E-state index is 0.215. The predicted molar refractivity (Wildman–Crippen MR) is 92.7 cm³/mol. The maximum absolute atomic E-state index is 13.0. The average Bonchev–Trinajstić information content (AvgIpc) is 3.01. The van der Waals surface area contributed by atoms with Crippen molar-refractivity contribution < 1.29 is 4.79 Å². The number of hydrogen-bond donors (Lipinski definition) is 1. The molecule has 23 heavy (non-hydrogen) atoms. The molecule has 1 N–H and O–H groups in total. The van der Waals surface area contributed by atoms with Gasteiger partial charge in [-0.3, -0.25) is 9.78 Å². The third-order valence-electron chi connectivity index (χ3n) is 4.91. The molecule has 2 aliphatic heterocycles. The average molecular weight is 327 g/mol. The van der Waals surface area contributed by atoms with Gasteiger partial charge >= 0.3 is 0 Å². The number of thiophene rings is 1. The molecule has 2 aromatic heterocycles. The first kappa shape index (κ1) is 14.8. The summed E-state index contributed by atoms with van der Waals surface area (Å²) in [7, 11) is 0. The fourth-order valence-corrected chi connectivity index (χ4v) is 4.84. The summed E-state index contributed by atoms with van der Waals surface area (Å²) >= 11 is 1.58. The number of nitrogens with zero attached hydrogens (tertiary/aromatic N) is 2. The molecule has 0 radical (unpaired) electrons. The van der Waals surface area contributed by atoms with Gasteiger partial charge in [0.1, 0.15) is 0 Å². The van der Waals surface area contributed by atoms with E-state index in [0.717, 1.165) is 42.9 Å². The van der Waals surface area contributed by atoms with Crippen molar-refractivity contribution in [2.45, 2.75) is 25.8 Å². The van der Waals surface area contributed by atoms with Crippen molar-refractivity contribution in [3.05, 3.63) is 40.3 Å². The van der Waals surface area contributed by atoms with Gasteiger partial charge in [-0.15, -0.1) is 11.3 Å². The van der Waals surface area contributed by atoms with E-state index in [1.54, 1.807) is 17.5 Å². The summed E-state index contributed by atoms with van der Waals surface area (Å²) in [5, 5.41) is 5.57. The number of nitrogens with one attached hydrogen (secondary N) is 1. The summed E-state index contributed by atoms with van der Waals surface area (Å²) in [5.41, 5.74) is 3.50. The second kappa shape index (κ2) is 6.06. The monoisotopic (exact) mass is 327 g/mol. The zero-order valence-electron chi connectivity index (χ0n) is 13.3. The Morgan fingerprint density at radius 2 is 2.30 bits per heavy atom. The first-order chi connectivity index (χ1) is 11.2. The van der Waals surface area contributed by atoms with Crippen molar-refractivity contribution in [1.29, 1.82) is 0 Å². The van der Waals surface area contributed by atoms with E-state index in [1.165, 1.54) is 11.1 Å². The summed E-state index contributed by atoms with van der Waals surface area (Å²) in [6.07, 6.45) is 5.72. The van der Waals surface area contributed by atoms with Crippen LogP contribution in [0.4, 0.5) is 0 Å². The van der Waals surface area contributed by atoms with Gasteiger partial charge in [-0.1, -0.05) is 13.0 Å². The SMILES string of the molecule is CC1CNC[C@H](N2CCc3c(-c4cccnc4)csc3C2=O)C1. The summed E-state index contributed by atoms with van der Waals surface area (Å²) in [4.78, 5) is 20.2. The van der Waals surface area contributed by atoms with Crippen LogP contribution in [0.3, 0.4) is 0 Å². The lowest BCUT2D eigenvalue weighted by atomic mass is 9.93. The van der Waals surface area contributed by atoms with Gasteiger partial charge in [-0.2, -0.15) is 0 Å². The number of carbonyl (C=O) groups excluding carboxylic acids is 1. The maximum atomic E-state index is 13.0. The second-order valence-electron chi connectivity index (χ2n) is 6.60. The maximum Gasteiger partial charge on any atom is 0.264 e. The molecule has 0 aromatic carbocycles. The Kier molecular flexibility index (Phi) is 3.91. The quantitative estimate of drug-likeness (QED) is 0.922. The van der Waals surface area contributed by atoms with Crippen molar-refractivity contribution in [3.8, 4) is 11.1 Å². The van der Waals surface area contributed by atoms with E-state index < -0.39 is 0 Å². The topological polar surface area (TPSA) is 45.2 Å². The van der Waals surface area contributed by atoms with Crippen molar-refractivity contribution in [3.63, 3.8) is 0 Å². The van der Waals surface area contributed by atoms with Gasteiger partial charge in [-0.25, -0.2) is 0 Å². The first-order valence-electron chi connectivity index (χ1n) is 8.26. The molecule has 120 valence electrons. The van der Waals surface area contributed by atoms with Gasteiger partial charge in [0.25, 0.3) is 5.91 Å². The summed E-state index contributed by atoms with van der Waals surface area (Å²) < 4.78 is 0. The van der Waals surface area contributed by atoms with E-state index in [4.69, 9.17) is 0 Å². The number of carbonyl (C=O) groups is 1. The Morgan fingerprint density at radius 3 is 3.09 bits per heavy atom.